The summed E-state index contributed by atoms with van der Waals surface area (Å²) in [7, 11) is 0. The Balaban J connectivity index is 2.07. The fraction of sp³-hybridized carbons (Fsp3) is 1.00. The van der Waals surface area contributed by atoms with Gasteiger partial charge in [-0.05, 0) is 13.3 Å². The molecule has 0 spiro atoms. The molecular formula is C9H18O4. The number of hydrogen-bond donors (Lipinski definition) is 1. The van der Waals surface area contributed by atoms with Gasteiger partial charge in [0.25, 0.3) is 0 Å². The molecule has 0 radical (unpaired) electrons. The Kier molecular flexibility index (Phi) is 5.31. The smallest absolute Gasteiger partial charge is 0.160 e. The van der Waals surface area contributed by atoms with Crippen molar-refractivity contribution in [2.24, 2.45) is 0 Å². The Morgan fingerprint density at radius 2 is 2.15 bits per heavy atom. The predicted octanol–water partition coefficient (Wildman–Crippen LogP) is 0.537. The van der Waals surface area contributed by atoms with Gasteiger partial charge in [0, 0.05) is 6.42 Å². The third kappa shape index (κ3) is 4.57. The van der Waals surface area contributed by atoms with E-state index in [4.69, 9.17) is 19.3 Å². The quantitative estimate of drug-likeness (QED) is 0.687. The molecule has 1 N–H and O–H groups in total. The van der Waals surface area contributed by atoms with E-state index < -0.39 is 0 Å². The maximum atomic E-state index is 8.53. The molecule has 1 rings (SSSR count). The average molecular weight is 190 g/mol. The Morgan fingerprint density at radius 3 is 2.77 bits per heavy atom. The summed E-state index contributed by atoms with van der Waals surface area (Å²) in [4.78, 5) is 0. The van der Waals surface area contributed by atoms with Crippen molar-refractivity contribution in [2.45, 2.75) is 32.2 Å². The van der Waals surface area contributed by atoms with E-state index in [1.54, 1.807) is 0 Å². The van der Waals surface area contributed by atoms with Crippen LogP contribution in [0.5, 0.6) is 0 Å². The van der Waals surface area contributed by atoms with Crippen LogP contribution in [-0.2, 0) is 14.2 Å². The van der Waals surface area contributed by atoms with Crippen LogP contribution in [0.2, 0.25) is 0 Å². The molecule has 1 atom stereocenters. The topological polar surface area (TPSA) is 47.9 Å². The van der Waals surface area contributed by atoms with Crippen molar-refractivity contribution in [2.75, 3.05) is 26.4 Å². The molecule has 0 aromatic carbocycles. The van der Waals surface area contributed by atoms with Crippen LogP contribution in [-0.4, -0.2) is 43.9 Å². The van der Waals surface area contributed by atoms with E-state index in [-0.39, 0.29) is 19.0 Å². The highest BCUT2D eigenvalue weighted by atomic mass is 16.7. The third-order valence-electron chi connectivity index (χ3n) is 1.91. The molecule has 1 unspecified atom stereocenters. The number of ether oxygens (including phenoxy) is 3. The minimum Gasteiger partial charge on any atom is -0.394 e. The second-order valence-corrected chi connectivity index (χ2v) is 3.17. The van der Waals surface area contributed by atoms with Crippen LogP contribution < -0.4 is 0 Å². The van der Waals surface area contributed by atoms with Gasteiger partial charge in [0.15, 0.2) is 6.29 Å². The molecule has 0 aromatic rings. The number of aliphatic hydroxyl groups excluding tert-OH is 1. The minimum atomic E-state index is -0.123. The second-order valence-electron chi connectivity index (χ2n) is 3.17. The Morgan fingerprint density at radius 1 is 1.46 bits per heavy atom. The summed E-state index contributed by atoms with van der Waals surface area (Å²) < 4.78 is 16.0. The first kappa shape index (κ1) is 10.9. The molecular weight excluding hydrogens is 172 g/mol. The second kappa shape index (κ2) is 6.32. The zero-order valence-electron chi connectivity index (χ0n) is 8.07. The van der Waals surface area contributed by atoms with Crippen molar-refractivity contribution in [3.63, 3.8) is 0 Å². The van der Waals surface area contributed by atoms with E-state index in [0.717, 1.165) is 26.1 Å². The average Bonchev–Trinajstić information content (AvgIpc) is 2.16. The van der Waals surface area contributed by atoms with Crippen LogP contribution in [0.4, 0.5) is 0 Å². The Bertz CT molecular complexity index is 123. The molecule has 1 heterocycles. The molecule has 1 saturated heterocycles. The lowest BCUT2D eigenvalue weighted by Crippen LogP contribution is -2.29. The monoisotopic (exact) mass is 190 g/mol. The fourth-order valence-corrected chi connectivity index (χ4v) is 1.27. The van der Waals surface area contributed by atoms with Gasteiger partial charge in [0.2, 0.25) is 0 Å². The lowest BCUT2D eigenvalue weighted by Gasteiger charge is -2.25. The maximum Gasteiger partial charge on any atom is 0.160 e. The third-order valence-corrected chi connectivity index (χ3v) is 1.91. The highest BCUT2D eigenvalue weighted by Crippen LogP contribution is 2.12. The van der Waals surface area contributed by atoms with Gasteiger partial charge < -0.3 is 19.3 Å². The molecule has 1 fully saturated rings. The van der Waals surface area contributed by atoms with E-state index in [1.165, 1.54) is 0 Å². The van der Waals surface area contributed by atoms with Crippen LogP contribution in [0.15, 0.2) is 0 Å². The van der Waals surface area contributed by atoms with Crippen molar-refractivity contribution >= 4 is 0 Å². The van der Waals surface area contributed by atoms with Crippen LogP contribution >= 0.6 is 0 Å². The molecule has 0 saturated carbocycles. The van der Waals surface area contributed by atoms with Crippen LogP contribution in [0.3, 0.4) is 0 Å². The van der Waals surface area contributed by atoms with Gasteiger partial charge >= 0.3 is 0 Å². The van der Waals surface area contributed by atoms with Gasteiger partial charge in [-0.3, -0.25) is 0 Å². The molecule has 0 aliphatic carbocycles. The van der Waals surface area contributed by atoms with Gasteiger partial charge in [-0.15, -0.1) is 0 Å². The summed E-state index contributed by atoms with van der Waals surface area (Å²) in [6.07, 6.45) is 1.67. The van der Waals surface area contributed by atoms with Crippen molar-refractivity contribution in [1.82, 2.24) is 0 Å². The van der Waals surface area contributed by atoms with Crippen molar-refractivity contribution < 1.29 is 19.3 Å². The zero-order chi connectivity index (χ0) is 9.52. The Hall–Kier alpha value is -0.160. The zero-order valence-corrected chi connectivity index (χ0v) is 8.07. The molecule has 0 amide bonds. The minimum absolute atomic E-state index is 0.0662. The summed E-state index contributed by atoms with van der Waals surface area (Å²) in [6.45, 7) is 3.95. The summed E-state index contributed by atoms with van der Waals surface area (Å²) in [5.74, 6) is 0. The van der Waals surface area contributed by atoms with Crippen LogP contribution in [0.1, 0.15) is 19.8 Å². The summed E-state index contributed by atoms with van der Waals surface area (Å²) >= 11 is 0. The van der Waals surface area contributed by atoms with Gasteiger partial charge in [-0.25, -0.2) is 0 Å². The van der Waals surface area contributed by atoms with Gasteiger partial charge in [0.05, 0.1) is 32.5 Å². The summed E-state index contributed by atoms with van der Waals surface area (Å²) in [5, 5.41) is 8.53. The van der Waals surface area contributed by atoms with E-state index in [0.29, 0.717) is 6.61 Å². The lowest BCUT2D eigenvalue weighted by atomic mass is 10.2. The van der Waals surface area contributed by atoms with Crippen molar-refractivity contribution in [3.8, 4) is 0 Å². The van der Waals surface area contributed by atoms with Crippen molar-refractivity contribution in [3.05, 3.63) is 0 Å². The molecule has 4 nitrogen and oxygen atoms in total. The van der Waals surface area contributed by atoms with Gasteiger partial charge in [-0.2, -0.15) is 0 Å². The maximum absolute atomic E-state index is 8.53. The van der Waals surface area contributed by atoms with E-state index >= 15 is 0 Å². The molecule has 0 bridgehead atoms. The summed E-state index contributed by atoms with van der Waals surface area (Å²) in [6, 6.07) is 0. The predicted molar refractivity (Wildman–Crippen MR) is 47.4 cm³/mol. The molecule has 0 aromatic heterocycles. The van der Waals surface area contributed by atoms with E-state index in [9.17, 15) is 0 Å². The molecule has 1 aliphatic rings. The molecule has 4 heteroatoms. The number of rotatable bonds is 5. The first-order valence-electron chi connectivity index (χ1n) is 4.78. The van der Waals surface area contributed by atoms with E-state index in [1.807, 2.05) is 6.92 Å². The fourth-order valence-electron chi connectivity index (χ4n) is 1.27. The SMILES string of the molecule is CC(CC1OCCCO1)OCCO. The Labute approximate surface area is 78.8 Å². The molecule has 1 aliphatic heterocycles. The standard InChI is InChI=1S/C9H18O4/c1-8(11-6-3-10)7-9-12-4-2-5-13-9/h8-10H,2-7H2,1H3. The van der Waals surface area contributed by atoms with Crippen molar-refractivity contribution in [1.29, 1.82) is 0 Å². The molecule has 13 heavy (non-hydrogen) atoms. The van der Waals surface area contributed by atoms with Crippen LogP contribution in [0, 0.1) is 0 Å². The lowest BCUT2D eigenvalue weighted by molar-refractivity contribution is -0.193. The number of aliphatic hydroxyl groups is 1. The highest BCUT2D eigenvalue weighted by molar-refractivity contribution is 4.57. The van der Waals surface area contributed by atoms with E-state index in [2.05, 4.69) is 0 Å². The number of hydrogen-bond acceptors (Lipinski definition) is 4. The van der Waals surface area contributed by atoms with Gasteiger partial charge in [-0.1, -0.05) is 0 Å². The largest absolute Gasteiger partial charge is 0.394 e. The summed E-state index contributed by atoms with van der Waals surface area (Å²) in [5.41, 5.74) is 0. The highest BCUT2D eigenvalue weighted by Gasteiger charge is 2.17. The van der Waals surface area contributed by atoms with Crippen LogP contribution in [0.25, 0.3) is 0 Å². The first-order chi connectivity index (χ1) is 6.33. The van der Waals surface area contributed by atoms with Gasteiger partial charge in [0.1, 0.15) is 0 Å². The molecule has 78 valence electrons. The normalized spacial score (nSPS) is 21.7. The first-order valence-corrected chi connectivity index (χ1v) is 4.78.